The number of hydrogen-bond acceptors (Lipinski definition) is 4. The van der Waals surface area contributed by atoms with E-state index in [1.165, 1.54) is 36.8 Å². The second-order valence-electron chi connectivity index (χ2n) is 6.66. The van der Waals surface area contributed by atoms with Gasteiger partial charge in [-0.25, -0.2) is 0 Å². The van der Waals surface area contributed by atoms with Crippen molar-refractivity contribution in [3.8, 4) is 0 Å². The number of rotatable bonds is 4. The van der Waals surface area contributed by atoms with E-state index in [2.05, 4.69) is 39.7 Å². The minimum Gasteiger partial charge on any atom is -0.339 e. The summed E-state index contributed by atoms with van der Waals surface area (Å²) in [6.07, 6.45) is 5.02. The molecule has 0 spiro atoms. The molecule has 3 aliphatic carbocycles. The van der Waals surface area contributed by atoms with Crippen LogP contribution in [0.2, 0.25) is 0 Å². The zero-order chi connectivity index (χ0) is 13.8. The van der Waals surface area contributed by atoms with E-state index >= 15 is 0 Å². The minimum absolute atomic E-state index is 0.454. The Morgan fingerprint density at radius 1 is 1.14 bits per heavy atom. The first kappa shape index (κ1) is 11.9. The average Bonchev–Trinajstić information content (AvgIpc) is 3.43. The van der Waals surface area contributed by atoms with E-state index in [9.17, 15) is 0 Å². The summed E-state index contributed by atoms with van der Waals surface area (Å²) in [4.78, 5) is 4.63. The summed E-state index contributed by atoms with van der Waals surface area (Å²) in [7, 11) is 0. The van der Waals surface area contributed by atoms with Crippen LogP contribution < -0.4 is 5.32 Å². The van der Waals surface area contributed by atoms with Gasteiger partial charge in [0.05, 0.1) is 6.54 Å². The van der Waals surface area contributed by atoms with Gasteiger partial charge in [-0.15, -0.1) is 0 Å². The maximum atomic E-state index is 5.55. The monoisotopic (exact) mass is 281 g/mol. The summed E-state index contributed by atoms with van der Waals surface area (Å²) >= 11 is 0. The van der Waals surface area contributed by atoms with Crippen molar-refractivity contribution in [3.05, 3.63) is 47.1 Å². The van der Waals surface area contributed by atoms with Crippen molar-refractivity contribution in [1.29, 1.82) is 0 Å². The SMILES string of the molecule is c1ccc2c(c1)CCC1C(c3nc(CNC4CC4)no3)C21. The van der Waals surface area contributed by atoms with Crippen molar-refractivity contribution < 1.29 is 4.52 Å². The zero-order valence-electron chi connectivity index (χ0n) is 12.0. The summed E-state index contributed by atoms with van der Waals surface area (Å²) < 4.78 is 5.55. The summed E-state index contributed by atoms with van der Waals surface area (Å²) in [6.45, 7) is 0.743. The smallest absolute Gasteiger partial charge is 0.230 e. The van der Waals surface area contributed by atoms with Crippen molar-refractivity contribution in [2.24, 2.45) is 5.92 Å². The van der Waals surface area contributed by atoms with E-state index in [4.69, 9.17) is 4.52 Å². The average molecular weight is 281 g/mol. The topological polar surface area (TPSA) is 51.0 Å². The lowest BCUT2D eigenvalue weighted by Crippen LogP contribution is -2.16. The van der Waals surface area contributed by atoms with Gasteiger partial charge in [-0.05, 0) is 48.6 Å². The zero-order valence-corrected chi connectivity index (χ0v) is 12.0. The van der Waals surface area contributed by atoms with E-state index in [1.54, 1.807) is 0 Å². The van der Waals surface area contributed by atoms with Crippen molar-refractivity contribution in [2.45, 2.75) is 50.1 Å². The molecular formula is C17H19N3O. The number of nitrogens with one attached hydrogen (secondary N) is 1. The molecule has 2 saturated carbocycles. The van der Waals surface area contributed by atoms with Crippen LogP contribution in [0.3, 0.4) is 0 Å². The van der Waals surface area contributed by atoms with E-state index in [1.807, 2.05) is 0 Å². The highest BCUT2D eigenvalue weighted by Crippen LogP contribution is 2.64. The Balaban J connectivity index is 1.35. The molecule has 0 aliphatic heterocycles. The number of fused-ring (bicyclic) bond motifs is 3. The van der Waals surface area contributed by atoms with Crippen LogP contribution in [0, 0.1) is 5.92 Å². The van der Waals surface area contributed by atoms with Gasteiger partial charge in [0.2, 0.25) is 5.89 Å². The second-order valence-corrected chi connectivity index (χ2v) is 6.66. The first-order valence-corrected chi connectivity index (χ1v) is 8.04. The first-order chi connectivity index (χ1) is 10.4. The van der Waals surface area contributed by atoms with Crippen molar-refractivity contribution in [2.75, 3.05) is 0 Å². The Kier molecular flexibility index (Phi) is 2.50. The summed E-state index contributed by atoms with van der Waals surface area (Å²) in [5.41, 5.74) is 3.02. The highest BCUT2D eigenvalue weighted by Gasteiger charge is 2.56. The summed E-state index contributed by atoms with van der Waals surface area (Å²) in [5, 5.41) is 7.58. The molecule has 0 amide bonds. The van der Waals surface area contributed by atoms with Gasteiger partial charge in [0.25, 0.3) is 0 Å². The van der Waals surface area contributed by atoms with Crippen molar-refractivity contribution in [3.63, 3.8) is 0 Å². The molecule has 2 fully saturated rings. The Morgan fingerprint density at radius 3 is 2.95 bits per heavy atom. The minimum atomic E-state index is 0.454. The van der Waals surface area contributed by atoms with E-state index < -0.39 is 0 Å². The van der Waals surface area contributed by atoms with E-state index in [0.29, 0.717) is 23.8 Å². The van der Waals surface area contributed by atoms with Crippen molar-refractivity contribution >= 4 is 0 Å². The van der Waals surface area contributed by atoms with Gasteiger partial charge in [-0.3, -0.25) is 0 Å². The Bertz CT molecular complexity index is 676. The van der Waals surface area contributed by atoms with Crippen LogP contribution in [-0.2, 0) is 13.0 Å². The molecule has 3 aliphatic rings. The summed E-state index contributed by atoms with van der Waals surface area (Å²) in [6, 6.07) is 9.51. The van der Waals surface area contributed by atoms with Crippen LogP contribution in [-0.4, -0.2) is 16.2 Å². The van der Waals surface area contributed by atoms with Crippen LogP contribution in [0.15, 0.2) is 28.8 Å². The third kappa shape index (κ3) is 2.01. The van der Waals surface area contributed by atoms with Gasteiger partial charge < -0.3 is 9.84 Å². The van der Waals surface area contributed by atoms with E-state index in [0.717, 1.165) is 18.3 Å². The van der Waals surface area contributed by atoms with E-state index in [-0.39, 0.29) is 0 Å². The molecule has 4 nitrogen and oxygen atoms in total. The van der Waals surface area contributed by atoms with Gasteiger partial charge in [-0.2, -0.15) is 4.98 Å². The largest absolute Gasteiger partial charge is 0.339 e. The first-order valence-electron chi connectivity index (χ1n) is 8.04. The standard InChI is InChI=1S/C17H19N3O/c1-2-4-12-10(3-1)5-8-13-15(12)16(13)17-19-14(20-21-17)9-18-11-6-7-11/h1-4,11,13,15-16,18H,5-9H2. The number of hydrogen-bond donors (Lipinski definition) is 1. The third-order valence-electron chi connectivity index (χ3n) is 5.22. The fourth-order valence-corrected chi connectivity index (χ4v) is 3.90. The lowest BCUT2D eigenvalue weighted by molar-refractivity contribution is 0.367. The maximum absolute atomic E-state index is 5.55. The maximum Gasteiger partial charge on any atom is 0.230 e. The number of benzene rings is 1. The lowest BCUT2D eigenvalue weighted by Gasteiger charge is -2.13. The molecule has 5 rings (SSSR count). The number of aromatic nitrogens is 2. The molecule has 1 N–H and O–H groups in total. The van der Waals surface area contributed by atoms with Crippen LogP contribution in [0.4, 0.5) is 0 Å². The molecule has 1 aromatic heterocycles. The van der Waals surface area contributed by atoms with Gasteiger partial charge >= 0.3 is 0 Å². The molecule has 1 aromatic carbocycles. The van der Waals surface area contributed by atoms with Crippen molar-refractivity contribution in [1.82, 2.24) is 15.5 Å². The molecule has 0 saturated heterocycles. The van der Waals surface area contributed by atoms with Gasteiger partial charge in [-0.1, -0.05) is 29.4 Å². The normalized spacial score (nSPS) is 29.8. The Morgan fingerprint density at radius 2 is 2.05 bits per heavy atom. The molecule has 2 aromatic rings. The molecule has 4 heteroatoms. The van der Waals surface area contributed by atoms with Crippen LogP contribution >= 0.6 is 0 Å². The second kappa shape index (κ2) is 4.41. The summed E-state index contributed by atoms with van der Waals surface area (Å²) in [5.74, 6) is 3.45. The van der Waals surface area contributed by atoms with Gasteiger partial charge in [0, 0.05) is 12.0 Å². The highest BCUT2D eigenvalue weighted by atomic mass is 16.5. The fraction of sp³-hybridized carbons (Fsp3) is 0.529. The predicted molar refractivity (Wildman–Crippen MR) is 77.9 cm³/mol. The predicted octanol–water partition coefficient (Wildman–Crippen LogP) is 2.77. The molecule has 108 valence electrons. The lowest BCUT2D eigenvalue weighted by atomic mass is 9.92. The fourth-order valence-electron chi connectivity index (χ4n) is 3.90. The van der Waals surface area contributed by atoms with Gasteiger partial charge in [0.1, 0.15) is 0 Å². The van der Waals surface area contributed by atoms with Crippen LogP contribution in [0.5, 0.6) is 0 Å². The molecule has 1 heterocycles. The number of aryl methyl sites for hydroxylation is 1. The Hall–Kier alpha value is -1.68. The number of nitrogens with zero attached hydrogens (tertiary/aromatic N) is 2. The molecule has 0 bridgehead atoms. The van der Waals surface area contributed by atoms with Crippen LogP contribution in [0.1, 0.15) is 53.9 Å². The third-order valence-corrected chi connectivity index (χ3v) is 5.22. The molecule has 21 heavy (non-hydrogen) atoms. The molecule has 3 atom stereocenters. The van der Waals surface area contributed by atoms with Gasteiger partial charge in [0.15, 0.2) is 5.82 Å². The van der Waals surface area contributed by atoms with Crippen LogP contribution in [0.25, 0.3) is 0 Å². The molecule has 0 radical (unpaired) electrons. The molecular weight excluding hydrogens is 262 g/mol. The Labute approximate surface area is 123 Å². The quantitative estimate of drug-likeness (QED) is 0.936. The molecule has 3 unspecified atom stereocenters. The highest BCUT2D eigenvalue weighted by molar-refractivity contribution is 5.42.